The van der Waals surface area contributed by atoms with Crippen molar-refractivity contribution < 1.29 is 4.74 Å². The minimum Gasteiger partial charge on any atom is -0.381 e. The lowest BCUT2D eigenvalue weighted by Gasteiger charge is -2.34. The quantitative estimate of drug-likeness (QED) is 0.399. The highest BCUT2D eigenvalue weighted by Crippen LogP contribution is 2.18. The molecule has 0 spiro atoms. The Kier molecular flexibility index (Phi) is 8.95. The van der Waals surface area contributed by atoms with Gasteiger partial charge in [-0.25, -0.2) is 9.97 Å². The second kappa shape index (κ2) is 11.9. The van der Waals surface area contributed by atoms with E-state index in [9.17, 15) is 0 Å². The van der Waals surface area contributed by atoms with Crippen LogP contribution in [0.15, 0.2) is 23.5 Å². The Hall–Kier alpha value is -1.93. The Morgan fingerprint density at radius 2 is 1.93 bits per heavy atom. The van der Waals surface area contributed by atoms with Crippen LogP contribution in [0.3, 0.4) is 0 Å². The topological polar surface area (TPSA) is 69.1 Å². The van der Waals surface area contributed by atoms with E-state index in [2.05, 4.69) is 42.0 Å². The van der Waals surface area contributed by atoms with Crippen LogP contribution >= 0.6 is 0 Å². The first-order chi connectivity index (χ1) is 14.3. The van der Waals surface area contributed by atoms with Gasteiger partial charge in [0.15, 0.2) is 5.96 Å². The van der Waals surface area contributed by atoms with Crippen LogP contribution in [-0.4, -0.2) is 98.8 Å². The van der Waals surface area contributed by atoms with Gasteiger partial charge in [-0.05, 0) is 44.2 Å². The van der Waals surface area contributed by atoms with Crippen LogP contribution in [-0.2, 0) is 4.74 Å². The van der Waals surface area contributed by atoms with Crippen LogP contribution in [0, 0.1) is 5.92 Å². The highest BCUT2D eigenvalue weighted by molar-refractivity contribution is 5.79. The van der Waals surface area contributed by atoms with Gasteiger partial charge < -0.3 is 19.9 Å². The molecule has 8 nitrogen and oxygen atoms in total. The van der Waals surface area contributed by atoms with Gasteiger partial charge in [0.05, 0.1) is 0 Å². The maximum Gasteiger partial charge on any atom is 0.225 e. The molecule has 29 heavy (non-hydrogen) atoms. The van der Waals surface area contributed by atoms with Crippen LogP contribution in [0.1, 0.15) is 25.7 Å². The third-order valence-electron chi connectivity index (χ3n) is 5.93. The summed E-state index contributed by atoms with van der Waals surface area (Å²) in [6, 6.07) is 1.86. The van der Waals surface area contributed by atoms with Crippen molar-refractivity contribution in [3.8, 4) is 0 Å². The summed E-state index contributed by atoms with van der Waals surface area (Å²) in [4.78, 5) is 20.2. The summed E-state index contributed by atoms with van der Waals surface area (Å²) in [6.45, 7) is 9.09. The average molecular weight is 404 g/mol. The van der Waals surface area contributed by atoms with Gasteiger partial charge in [0.1, 0.15) is 0 Å². The van der Waals surface area contributed by atoms with Crippen molar-refractivity contribution in [2.45, 2.75) is 25.7 Å². The monoisotopic (exact) mass is 403 g/mol. The number of nitrogens with zero attached hydrogens (tertiary/aromatic N) is 6. The molecule has 2 aliphatic heterocycles. The number of nitrogens with one attached hydrogen (secondary N) is 1. The third-order valence-corrected chi connectivity index (χ3v) is 5.93. The van der Waals surface area contributed by atoms with Crippen molar-refractivity contribution >= 4 is 11.9 Å². The Morgan fingerprint density at radius 3 is 2.62 bits per heavy atom. The Balaban J connectivity index is 1.28. The van der Waals surface area contributed by atoms with Gasteiger partial charge in [0.25, 0.3) is 0 Å². The second-order valence-electron chi connectivity index (χ2n) is 7.97. The minimum atomic E-state index is 0.796. The summed E-state index contributed by atoms with van der Waals surface area (Å²) in [5, 5.41) is 3.53. The Labute approximate surface area is 175 Å². The summed E-state index contributed by atoms with van der Waals surface area (Å²) < 4.78 is 5.46. The fourth-order valence-electron chi connectivity index (χ4n) is 4.03. The molecule has 0 bridgehead atoms. The molecule has 0 atom stereocenters. The number of aliphatic imine (C=N–C) groups is 1. The molecule has 0 aromatic carbocycles. The SMILES string of the molecule is CN=C(NCCCN1CCN(c2ncccn2)CC1)N(C)CCC1CCOCC1. The maximum absolute atomic E-state index is 5.46. The number of anilines is 1. The van der Waals surface area contributed by atoms with E-state index in [0.717, 1.165) is 83.3 Å². The van der Waals surface area contributed by atoms with Crippen molar-refractivity contribution in [1.82, 2.24) is 25.1 Å². The second-order valence-corrected chi connectivity index (χ2v) is 7.97. The predicted octanol–water partition coefficient (Wildman–Crippen LogP) is 1.31. The minimum absolute atomic E-state index is 0.796. The fourth-order valence-corrected chi connectivity index (χ4v) is 4.03. The molecule has 1 aromatic heterocycles. The molecule has 0 aliphatic carbocycles. The summed E-state index contributed by atoms with van der Waals surface area (Å²) >= 11 is 0. The van der Waals surface area contributed by atoms with E-state index in [1.165, 1.54) is 19.3 Å². The summed E-state index contributed by atoms with van der Waals surface area (Å²) in [5.74, 6) is 2.65. The van der Waals surface area contributed by atoms with E-state index in [4.69, 9.17) is 4.74 Å². The first kappa shape index (κ1) is 21.8. The number of ether oxygens (including phenoxy) is 1. The smallest absolute Gasteiger partial charge is 0.225 e. The van der Waals surface area contributed by atoms with E-state index < -0.39 is 0 Å². The molecule has 0 amide bonds. The van der Waals surface area contributed by atoms with Gasteiger partial charge >= 0.3 is 0 Å². The molecule has 0 radical (unpaired) electrons. The van der Waals surface area contributed by atoms with Crippen LogP contribution in [0.25, 0.3) is 0 Å². The molecule has 2 aliphatic rings. The molecule has 0 unspecified atom stereocenters. The standard InChI is InChI=1S/C21H37N7O/c1-22-20(26(2)12-5-19-6-17-29-18-7-19)23-10-4-11-27-13-15-28(16-14-27)21-24-8-3-9-25-21/h3,8-9,19H,4-7,10-18H2,1-2H3,(H,22,23). The number of hydrogen-bond donors (Lipinski definition) is 1. The number of aromatic nitrogens is 2. The van der Waals surface area contributed by atoms with E-state index in [1.807, 2.05) is 25.5 Å². The van der Waals surface area contributed by atoms with E-state index >= 15 is 0 Å². The maximum atomic E-state index is 5.46. The molecule has 1 aromatic rings. The zero-order valence-electron chi connectivity index (χ0n) is 18.1. The fraction of sp³-hybridized carbons (Fsp3) is 0.762. The summed E-state index contributed by atoms with van der Waals surface area (Å²) in [6.07, 6.45) is 8.36. The first-order valence-electron chi connectivity index (χ1n) is 11.0. The van der Waals surface area contributed by atoms with Gasteiger partial charge in [-0.15, -0.1) is 0 Å². The van der Waals surface area contributed by atoms with Crippen molar-refractivity contribution in [1.29, 1.82) is 0 Å². The van der Waals surface area contributed by atoms with Crippen LogP contribution in [0.2, 0.25) is 0 Å². The van der Waals surface area contributed by atoms with Crippen molar-refractivity contribution in [3.05, 3.63) is 18.5 Å². The van der Waals surface area contributed by atoms with Crippen LogP contribution in [0.5, 0.6) is 0 Å². The largest absolute Gasteiger partial charge is 0.381 e. The average Bonchev–Trinajstić information content (AvgIpc) is 2.79. The number of hydrogen-bond acceptors (Lipinski definition) is 6. The molecule has 3 heterocycles. The van der Waals surface area contributed by atoms with Crippen molar-refractivity contribution in [2.75, 3.05) is 78.0 Å². The molecular formula is C21H37N7O. The molecule has 0 saturated carbocycles. The molecule has 8 heteroatoms. The third kappa shape index (κ3) is 7.12. The number of rotatable bonds is 8. The molecule has 2 fully saturated rings. The molecule has 162 valence electrons. The van der Waals surface area contributed by atoms with Gasteiger partial charge in [0, 0.05) is 79.0 Å². The molecule has 1 N–H and O–H groups in total. The van der Waals surface area contributed by atoms with E-state index in [1.54, 1.807) is 0 Å². The van der Waals surface area contributed by atoms with E-state index in [-0.39, 0.29) is 0 Å². The van der Waals surface area contributed by atoms with Gasteiger partial charge in [-0.2, -0.15) is 0 Å². The Bertz CT molecular complexity index is 598. The number of guanidine groups is 1. The van der Waals surface area contributed by atoms with E-state index in [0.29, 0.717) is 0 Å². The van der Waals surface area contributed by atoms with Crippen LogP contribution < -0.4 is 10.2 Å². The summed E-state index contributed by atoms with van der Waals surface area (Å²) in [5.41, 5.74) is 0. The zero-order valence-corrected chi connectivity index (χ0v) is 18.1. The lowest BCUT2D eigenvalue weighted by Crippen LogP contribution is -2.47. The molecule has 2 saturated heterocycles. The van der Waals surface area contributed by atoms with Crippen molar-refractivity contribution in [3.63, 3.8) is 0 Å². The van der Waals surface area contributed by atoms with Crippen molar-refractivity contribution in [2.24, 2.45) is 10.9 Å². The highest BCUT2D eigenvalue weighted by Gasteiger charge is 2.18. The molecule has 3 rings (SSSR count). The van der Waals surface area contributed by atoms with Gasteiger partial charge in [-0.3, -0.25) is 9.89 Å². The van der Waals surface area contributed by atoms with Crippen LogP contribution in [0.4, 0.5) is 5.95 Å². The normalized spacial score (nSPS) is 19.4. The zero-order chi connectivity index (χ0) is 20.3. The summed E-state index contributed by atoms with van der Waals surface area (Å²) in [7, 11) is 4.01. The lowest BCUT2D eigenvalue weighted by atomic mass is 9.96. The lowest BCUT2D eigenvalue weighted by molar-refractivity contribution is 0.0625. The van der Waals surface area contributed by atoms with Gasteiger partial charge in [0.2, 0.25) is 5.95 Å². The first-order valence-corrected chi connectivity index (χ1v) is 11.0. The molecular weight excluding hydrogens is 366 g/mol. The predicted molar refractivity (Wildman–Crippen MR) is 117 cm³/mol. The van der Waals surface area contributed by atoms with Gasteiger partial charge in [-0.1, -0.05) is 0 Å². The number of piperazine rings is 1. The highest BCUT2D eigenvalue weighted by atomic mass is 16.5. The Morgan fingerprint density at radius 1 is 1.21 bits per heavy atom.